The van der Waals surface area contributed by atoms with Crippen LogP contribution in [-0.4, -0.2) is 28.1 Å². The molecule has 0 saturated carbocycles. The first kappa shape index (κ1) is 19.0. The number of hydrogen-bond acceptors (Lipinski definition) is 2. The third-order valence-electron chi connectivity index (χ3n) is 4.67. The molecule has 2 rings (SSSR count). The van der Waals surface area contributed by atoms with Gasteiger partial charge in [-0.05, 0) is 56.4 Å². The van der Waals surface area contributed by atoms with Gasteiger partial charge in [0, 0.05) is 30.4 Å². The second-order valence-corrected chi connectivity index (χ2v) is 6.38. The van der Waals surface area contributed by atoms with E-state index < -0.39 is 5.97 Å². The van der Waals surface area contributed by atoms with Crippen molar-refractivity contribution in [2.45, 2.75) is 59.4 Å². The van der Waals surface area contributed by atoms with Crippen molar-refractivity contribution in [3.63, 3.8) is 0 Å². The molecule has 1 amide bonds. The molecule has 1 aromatic carbocycles. The normalized spacial score (nSPS) is 11.0. The number of carboxylic acid groups (broad SMARTS) is 1. The molecule has 0 aliphatic rings. The average molecular weight is 344 g/mol. The fourth-order valence-electron chi connectivity index (χ4n) is 3.27. The molecular formula is C20H28N2O3. The van der Waals surface area contributed by atoms with Crippen molar-refractivity contribution in [3.05, 3.63) is 35.0 Å². The van der Waals surface area contributed by atoms with Gasteiger partial charge in [-0.15, -0.1) is 0 Å². The van der Waals surface area contributed by atoms with Crippen molar-refractivity contribution in [2.24, 2.45) is 0 Å². The molecule has 5 nitrogen and oxygen atoms in total. The summed E-state index contributed by atoms with van der Waals surface area (Å²) >= 11 is 0. The molecule has 2 N–H and O–H groups in total. The van der Waals surface area contributed by atoms with Crippen molar-refractivity contribution >= 4 is 22.8 Å². The van der Waals surface area contributed by atoms with Gasteiger partial charge >= 0.3 is 5.97 Å². The molecule has 5 heteroatoms. The van der Waals surface area contributed by atoms with Crippen molar-refractivity contribution in [3.8, 4) is 0 Å². The predicted octanol–water partition coefficient (Wildman–Crippen LogP) is 3.91. The Kier molecular flexibility index (Phi) is 6.62. The summed E-state index contributed by atoms with van der Waals surface area (Å²) in [5, 5.41) is 12.8. The van der Waals surface area contributed by atoms with Crippen molar-refractivity contribution < 1.29 is 14.7 Å². The van der Waals surface area contributed by atoms with Gasteiger partial charge in [0.15, 0.2) is 0 Å². The van der Waals surface area contributed by atoms with Crippen LogP contribution in [-0.2, 0) is 17.8 Å². The lowest BCUT2D eigenvalue weighted by Crippen LogP contribution is -2.27. The van der Waals surface area contributed by atoms with Crippen LogP contribution in [0.2, 0.25) is 0 Å². The summed E-state index contributed by atoms with van der Waals surface area (Å²) in [7, 11) is 0. The van der Waals surface area contributed by atoms with Crippen LogP contribution in [0.5, 0.6) is 0 Å². The number of unbranched alkanes of at least 4 members (excludes halogenated alkanes) is 2. The van der Waals surface area contributed by atoms with Crippen LogP contribution in [0.4, 0.5) is 0 Å². The van der Waals surface area contributed by atoms with Gasteiger partial charge in [-0.2, -0.15) is 0 Å². The molecule has 0 atom stereocenters. The van der Waals surface area contributed by atoms with Gasteiger partial charge in [0.2, 0.25) is 0 Å². The Hall–Kier alpha value is -2.30. The largest absolute Gasteiger partial charge is 0.481 e. The van der Waals surface area contributed by atoms with Crippen LogP contribution in [0.1, 0.15) is 61.1 Å². The zero-order chi connectivity index (χ0) is 18.4. The van der Waals surface area contributed by atoms with E-state index in [0.717, 1.165) is 48.0 Å². The summed E-state index contributed by atoms with van der Waals surface area (Å²) in [6, 6.07) is 6.41. The molecular weight excluding hydrogens is 316 g/mol. The van der Waals surface area contributed by atoms with E-state index in [-0.39, 0.29) is 12.3 Å². The SMILES string of the molecule is CCc1ccc2c(c1)c(C)c(C(=O)NCCCCCC(=O)O)n2CC. The minimum atomic E-state index is -0.765. The minimum absolute atomic E-state index is 0.0492. The number of carboxylic acids is 1. The van der Waals surface area contributed by atoms with Crippen LogP contribution in [0.3, 0.4) is 0 Å². The standard InChI is InChI=1S/C20H28N2O3/c1-4-15-10-11-17-16(13-15)14(3)19(22(17)5-2)20(25)21-12-8-6-7-9-18(23)24/h10-11,13H,4-9,12H2,1-3H3,(H,21,25)(H,23,24). The molecule has 0 spiro atoms. The van der Waals surface area contributed by atoms with E-state index in [4.69, 9.17) is 5.11 Å². The second-order valence-electron chi connectivity index (χ2n) is 6.38. The van der Waals surface area contributed by atoms with E-state index in [1.807, 2.05) is 6.92 Å². The van der Waals surface area contributed by atoms with Crippen LogP contribution >= 0.6 is 0 Å². The van der Waals surface area contributed by atoms with Gasteiger partial charge in [0.1, 0.15) is 5.69 Å². The molecule has 0 radical (unpaired) electrons. The number of carbonyl (C=O) groups excluding carboxylic acids is 1. The van der Waals surface area contributed by atoms with Crippen LogP contribution in [0, 0.1) is 6.92 Å². The fraction of sp³-hybridized carbons (Fsp3) is 0.500. The number of hydrogen-bond donors (Lipinski definition) is 2. The summed E-state index contributed by atoms with van der Waals surface area (Å²) in [6.45, 7) is 7.51. The quantitative estimate of drug-likeness (QED) is 0.678. The Balaban J connectivity index is 2.09. The molecule has 1 aromatic heterocycles. The maximum atomic E-state index is 12.7. The highest BCUT2D eigenvalue weighted by atomic mass is 16.4. The summed E-state index contributed by atoms with van der Waals surface area (Å²) in [5.74, 6) is -0.814. The van der Waals surface area contributed by atoms with Crippen LogP contribution in [0.15, 0.2) is 18.2 Å². The van der Waals surface area contributed by atoms with Gasteiger partial charge in [-0.1, -0.05) is 19.4 Å². The van der Waals surface area contributed by atoms with E-state index in [2.05, 4.69) is 41.9 Å². The molecule has 0 fully saturated rings. The highest BCUT2D eigenvalue weighted by Gasteiger charge is 2.19. The summed E-state index contributed by atoms with van der Waals surface area (Å²) < 4.78 is 2.07. The minimum Gasteiger partial charge on any atom is -0.481 e. The third-order valence-corrected chi connectivity index (χ3v) is 4.67. The molecule has 0 aliphatic heterocycles. The number of amides is 1. The van der Waals surface area contributed by atoms with Crippen LogP contribution in [0.25, 0.3) is 10.9 Å². The summed E-state index contributed by atoms with van der Waals surface area (Å²) in [4.78, 5) is 23.2. The number of nitrogens with zero attached hydrogens (tertiary/aromatic N) is 1. The Morgan fingerprint density at radius 2 is 1.92 bits per heavy atom. The van der Waals surface area contributed by atoms with E-state index in [1.165, 1.54) is 5.56 Å². The summed E-state index contributed by atoms with van der Waals surface area (Å²) in [6.07, 6.45) is 3.42. The van der Waals surface area contributed by atoms with Gasteiger partial charge < -0.3 is 15.0 Å². The van der Waals surface area contributed by atoms with Gasteiger partial charge in [-0.25, -0.2) is 0 Å². The monoisotopic (exact) mass is 344 g/mol. The Morgan fingerprint density at radius 1 is 1.16 bits per heavy atom. The smallest absolute Gasteiger partial charge is 0.303 e. The van der Waals surface area contributed by atoms with Crippen LogP contribution < -0.4 is 5.32 Å². The van der Waals surface area contributed by atoms with Crippen molar-refractivity contribution in [1.82, 2.24) is 9.88 Å². The van der Waals surface area contributed by atoms with Gasteiger partial charge in [0.05, 0.1) is 0 Å². The number of aryl methyl sites for hydroxylation is 3. The predicted molar refractivity (Wildman–Crippen MR) is 100 cm³/mol. The number of aromatic nitrogens is 1. The molecule has 0 aliphatic carbocycles. The van der Waals surface area contributed by atoms with E-state index in [0.29, 0.717) is 13.0 Å². The Bertz CT molecular complexity index is 762. The second kappa shape index (κ2) is 8.70. The van der Waals surface area contributed by atoms with E-state index in [9.17, 15) is 9.59 Å². The molecule has 0 unspecified atom stereocenters. The summed E-state index contributed by atoms with van der Waals surface area (Å²) in [5.41, 5.74) is 4.13. The Morgan fingerprint density at radius 3 is 2.56 bits per heavy atom. The zero-order valence-corrected chi connectivity index (χ0v) is 15.4. The maximum absolute atomic E-state index is 12.7. The number of fused-ring (bicyclic) bond motifs is 1. The van der Waals surface area contributed by atoms with Gasteiger partial charge in [-0.3, -0.25) is 9.59 Å². The molecule has 1 heterocycles. The van der Waals surface area contributed by atoms with E-state index in [1.54, 1.807) is 0 Å². The van der Waals surface area contributed by atoms with Crippen molar-refractivity contribution in [1.29, 1.82) is 0 Å². The molecule has 136 valence electrons. The van der Waals surface area contributed by atoms with Gasteiger partial charge in [0.25, 0.3) is 5.91 Å². The first-order valence-corrected chi connectivity index (χ1v) is 9.11. The average Bonchev–Trinajstić information content (AvgIpc) is 2.89. The third kappa shape index (κ3) is 4.41. The molecule has 0 bridgehead atoms. The highest BCUT2D eigenvalue weighted by Crippen LogP contribution is 2.27. The zero-order valence-electron chi connectivity index (χ0n) is 15.4. The number of nitrogens with one attached hydrogen (secondary N) is 1. The first-order valence-electron chi connectivity index (χ1n) is 9.11. The fourth-order valence-corrected chi connectivity index (χ4v) is 3.27. The van der Waals surface area contributed by atoms with Crippen molar-refractivity contribution in [2.75, 3.05) is 6.54 Å². The lowest BCUT2D eigenvalue weighted by Gasteiger charge is -2.10. The van der Waals surface area contributed by atoms with E-state index >= 15 is 0 Å². The molecule has 2 aromatic rings. The topological polar surface area (TPSA) is 71.3 Å². The highest BCUT2D eigenvalue weighted by molar-refractivity contribution is 6.01. The number of aliphatic carboxylic acids is 1. The Labute approximate surface area is 149 Å². The number of carbonyl (C=O) groups is 2. The lowest BCUT2D eigenvalue weighted by molar-refractivity contribution is -0.137. The lowest BCUT2D eigenvalue weighted by atomic mass is 10.1. The number of benzene rings is 1. The number of rotatable bonds is 9. The first-order chi connectivity index (χ1) is 12.0. The molecule has 0 saturated heterocycles. The molecule has 25 heavy (non-hydrogen) atoms. The maximum Gasteiger partial charge on any atom is 0.303 e.